The number of carboxylic acid groups (broad SMARTS) is 1. The first-order chi connectivity index (χ1) is 49.1. The Kier molecular flexibility index (Phi) is 24.1. The van der Waals surface area contributed by atoms with Gasteiger partial charge in [0, 0.05) is 49.7 Å². The molecular weight excluding hydrogens is 1420 g/mol. The number of carbonyl (C=O) groups is 10. The monoisotopic (exact) mass is 1510 g/mol. The van der Waals surface area contributed by atoms with Gasteiger partial charge in [-0.2, -0.15) is 0 Å². The van der Waals surface area contributed by atoms with E-state index in [1.807, 2.05) is 72.8 Å². The molecule has 2 aliphatic heterocycles. The van der Waals surface area contributed by atoms with Crippen LogP contribution in [0, 0.1) is 22.7 Å². The zero-order chi connectivity index (χ0) is 75.6. The molecule has 0 spiro atoms. The minimum absolute atomic E-state index is 0. The predicted molar refractivity (Wildman–Crippen MR) is 390 cm³/mol. The van der Waals surface area contributed by atoms with Crippen LogP contribution in [0.25, 0.3) is 22.3 Å². The summed E-state index contributed by atoms with van der Waals surface area (Å²) in [6.45, 7) is 19.8. The lowest BCUT2D eigenvalue weighted by Crippen LogP contribution is -2.60. The molecule has 10 atom stereocenters. The molecule has 8 aliphatic rings. The third-order valence-corrected chi connectivity index (χ3v) is 23.8. The third-order valence-electron chi connectivity index (χ3n) is 20.2. The van der Waals surface area contributed by atoms with E-state index in [9.17, 15) is 64.8 Å². The molecule has 6 aliphatic carbocycles. The Morgan fingerprint density at radius 3 is 1.35 bits per heavy atom. The molecule has 2 heterocycles. The summed E-state index contributed by atoms with van der Waals surface area (Å²) in [5.74, 6) is -5.88. The number of aliphatic carboxylic acids is 1. The van der Waals surface area contributed by atoms with E-state index < -0.39 is 148 Å². The molecule has 6 fully saturated rings. The van der Waals surface area contributed by atoms with E-state index in [0.717, 1.165) is 44.5 Å². The number of sulfonamides is 2. The molecule has 9 amide bonds. The second-order valence-electron chi connectivity index (χ2n) is 29.9. The number of benzene rings is 4. The number of nitrogens with one attached hydrogen (secondary N) is 9. The Hall–Kier alpha value is -9.39. The lowest BCUT2D eigenvalue weighted by atomic mass is 9.85. The Balaban J connectivity index is 0.000000210. The van der Waals surface area contributed by atoms with E-state index in [0.29, 0.717) is 38.6 Å². The van der Waals surface area contributed by atoms with Crippen LogP contribution in [0.4, 0.5) is 14.4 Å². The van der Waals surface area contributed by atoms with Crippen molar-refractivity contribution >= 4 is 92.1 Å². The minimum Gasteiger partial charge on any atom is -0.480 e. The molecule has 0 aromatic heterocycles. The van der Waals surface area contributed by atoms with Crippen molar-refractivity contribution in [3.05, 3.63) is 145 Å². The second kappa shape index (κ2) is 31.7. The van der Waals surface area contributed by atoms with Crippen molar-refractivity contribution in [3.63, 3.8) is 0 Å². The first-order valence-electron chi connectivity index (χ1n) is 34.7. The van der Waals surface area contributed by atoms with E-state index in [4.69, 9.17) is 14.6 Å². The number of carbonyl (C=O) groups excluding carboxylic acids is 9. The molecule has 2 saturated heterocycles. The van der Waals surface area contributed by atoms with Gasteiger partial charge in [0.05, 0.1) is 29.7 Å². The van der Waals surface area contributed by atoms with Crippen molar-refractivity contribution in [2.75, 3.05) is 33.4 Å². The average molecular weight is 1510 g/mol. The summed E-state index contributed by atoms with van der Waals surface area (Å²) in [5, 5.41) is 26.7. The van der Waals surface area contributed by atoms with Gasteiger partial charge < -0.3 is 61.4 Å². The lowest BCUT2D eigenvalue weighted by molar-refractivity contribution is -0.144. The van der Waals surface area contributed by atoms with Crippen molar-refractivity contribution < 1.29 is 84.1 Å². The van der Waals surface area contributed by atoms with E-state index in [1.54, 1.807) is 47.6 Å². The summed E-state index contributed by atoms with van der Waals surface area (Å²) in [6, 6.07) is 27.3. The molecule has 0 bridgehead atoms. The Morgan fingerprint density at radius 2 is 0.990 bits per heavy atom. The normalized spacial score (nSPS) is 23.7. The van der Waals surface area contributed by atoms with Crippen molar-refractivity contribution in [2.45, 2.75) is 169 Å². The lowest BCUT2D eigenvalue weighted by Gasteiger charge is -2.35. The summed E-state index contributed by atoms with van der Waals surface area (Å²) < 4.78 is 69.7. The third kappa shape index (κ3) is 18.1. The Labute approximate surface area is 617 Å². The first kappa shape index (κ1) is 79.7. The molecular formula is C74H93ClN10O18S2. The number of likely N-dealkylation sites (tertiary alicyclic amines) is 1. The minimum atomic E-state index is -3.90. The molecule has 566 valence electrons. The van der Waals surface area contributed by atoms with Crippen LogP contribution in [0.3, 0.4) is 0 Å². The average Bonchev–Trinajstić information content (AvgIpc) is 1.63. The predicted octanol–water partition coefficient (Wildman–Crippen LogP) is 5.90. The van der Waals surface area contributed by atoms with Gasteiger partial charge in [-0.1, -0.05) is 151 Å². The van der Waals surface area contributed by atoms with Gasteiger partial charge in [0.25, 0.3) is 11.8 Å². The Bertz CT molecular complexity index is 4220. The van der Waals surface area contributed by atoms with E-state index in [2.05, 4.69) is 88.8 Å². The van der Waals surface area contributed by atoms with E-state index >= 15 is 0 Å². The number of ether oxygens (including phenoxy) is 3. The maximum atomic E-state index is 14.1. The van der Waals surface area contributed by atoms with Gasteiger partial charge in [-0.15, -0.1) is 25.6 Å². The van der Waals surface area contributed by atoms with Gasteiger partial charge in [-0.05, 0) is 107 Å². The highest BCUT2D eigenvalue weighted by Gasteiger charge is 2.63. The van der Waals surface area contributed by atoms with Gasteiger partial charge in [0.1, 0.15) is 42.4 Å². The zero-order valence-corrected chi connectivity index (χ0v) is 62.2. The number of hydrogen-bond acceptors (Lipinski definition) is 18. The molecule has 105 heavy (non-hydrogen) atoms. The number of halogens is 1. The highest BCUT2D eigenvalue weighted by Crippen LogP contribution is 2.49. The SMILES string of the molecule is C=CC1CC1(NC(=O)[C@@H]1C[C@@H](NC(=O)OCC2c3ccccc3-c3ccccc32)CN1)C(=O)NS(=O)(=O)C1CC1.C=CC1CC1(NC(=O)[C@@H]1C[C@@H](NC(=O)OCC2c3ccccc3-c3ccccc32)CN1C(=O)[C@@H](NC(C)=O)C(C)(C)C)C(=O)NS(=O)(=O)C1CC1.COC(=O)N[C@H](C(=O)O)C(C)(C)C.Cl. The highest BCUT2D eigenvalue weighted by molar-refractivity contribution is 7.91. The van der Waals surface area contributed by atoms with Crippen LogP contribution in [0.5, 0.6) is 0 Å². The number of fused-ring (bicyclic) bond motifs is 6. The molecule has 4 aromatic carbocycles. The van der Waals surface area contributed by atoms with Gasteiger partial charge in [0.2, 0.25) is 43.7 Å². The van der Waals surface area contributed by atoms with E-state index in [-0.39, 0.29) is 75.2 Å². The summed E-state index contributed by atoms with van der Waals surface area (Å²) in [6.07, 6.45) is 3.65. The fraction of sp³-hybridized carbons (Fsp3) is 0.486. The summed E-state index contributed by atoms with van der Waals surface area (Å²) in [7, 11) is -6.45. The number of carboxylic acids is 1. The van der Waals surface area contributed by atoms with Crippen LogP contribution in [0.15, 0.2) is 122 Å². The maximum Gasteiger partial charge on any atom is 0.407 e. The fourth-order valence-electron chi connectivity index (χ4n) is 14.0. The van der Waals surface area contributed by atoms with Crippen molar-refractivity contribution in [3.8, 4) is 22.3 Å². The quantitative estimate of drug-likeness (QED) is 0.0323. The van der Waals surface area contributed by atoms with Crippen molar-refractivity contribution in [1.82, 2.24) is 51.6 Å². The number of methoxy groups -OCH3 is 1. The maximum absolute atomic E-state index is 14.1. The van der Waals surface area contributed by atoms with Crippen LogP contribution in [0.2, 0.25) is 0 Å². The summed E-state index contributed by atoms with van der Waals surface area (Å²) >= 11 is 0. The molecule has 12 rings (SSSR count). The molecule has 4 saturated carbocycles. The Morgan fingerprint density at radius 1 is 0.590 bits per heavy atom. The smallest absolute Gasteiger partial charge is 0.407 e. The molecule has 10 N–H and O–H groups in total. The first-order valence-corrected chi connectivity index (χ1v) is 37.8. The zero-order valence-electron chi connectivity index (χ0n) is 59.8. The number of rotatable bonds is 22. The topological polar surface area (TPSA) is 398 Å². The largest absolute Gasteiger partial charge is 0.480 e. The summed E-state index contributed by atoms with van der Waals surface area (Å²) in [4.78, 5) is 128. The fourth-order valence-corrected chi connectivity index (χ4v) is 16.7. The van der Waals surface area contributed by atoms with Crippen LogP contribution >= 0.6 is 12.4 Å². The van der Waals surface area contributed by atoms with Gasteiger partial charge in [0.15, 0.2) is 0 Å². The van der Waals surface area contributed by atoms with Gasteiger partial charge in [-0.3, -0.25) is 38.2 Å². The van der Waals surface area contributed by atoms with Crippen LogP contribution in [0.1, 0.15) is 134 Å². The van der Waals surface area contributed by atoms with Gasteiger partial charge in [-0.25, -0.2) is 36.0 Å². The molecule has 0 radical (unpaired) electrons. The molecule has 4 aromatic rings. The van der Waals surface area contributed by atoms with Crippen LogP contribution in [-0.2, 0) is 67.8 Å². The molecule has 31 heteroatoms. The number of amides is 9. The highest BCUT2D eigenvalue weighted by atomic mass is 35.5. The second-order valence-corrected chi connectivity index (χ2v) is 33.8. The number of hydrogen-bond donors (Lipinski definition) is 10. The molecule has 28 nitrogen and oxygen atoms in total. The van der Waals surface area contributed by atoms with Crippen molar-refractivity contribution in [2.24, 2.45) is 22.7 Å². The van der Waals surface area contributed by atoms with Crippen molar-refractivity contribution in [1.29, 1.82) is 0 Å². The number of nitrogens with zero attached hydrogens (tertiary/aromatic N) is 1. The standard InChI is InChI=1S/C37H45N5O8S.C29H32N4O6S.C8H15NO4.ClH/c1-6-22-18-37(22,34(46)41-51(48,49)24-15-16-24)40-32(44)30-17-23(19-42(30)33(45)31(36(3,4)5)38-21(2)43)39-35(47)50-20-29-27-13-9-7-11-25(27)26-12-8-10-14-28(26)29;1-2-17-14-29(17,27(35)33-40(37,38)19-11-12-19)32-26(34)25-13-18(15-30-25)31-28(36)39-16-24-22-9-5-3-7-20(22)21-8-4-6-10-23(21)24;1-8(2,3)5(6(10)11)9-7(12)13-4;/h6-14,22-24,29-31H,1,15-20H2,2-5H3,(H,38,43)(H,39,47)(H,40,44)(H,41,46);2-10,17-19,24-25,30H,1,11-16H2,(H,31,36)(H,32,34)(H,33,35);5H,1-4H3,(H,9,12)(H,10,11);1H/t22?,23-,30+,31-,37?;17?,18-,25+,29?;5-;/m111./s1. The van der Waals surface area contributed by atoms with E-state index in [1.165, 1.54) is 25.0 Å². The van der Waals surface area contributed by atoms with Crippen LogP contribution < -0.4 is 46.7 Å². The number of alkyl carbamates (subject to hydrolysis) is 3. The van der Waals surface area contributed by atoms with Crippen LogP contribution in [-0.4, -0.2) is 178 Å². The van der Waals surface area contributed by atoms with Gasteiger partial charge >= 0.3 is 24.2 Å². The summed E-state index contributed by atoms with van der Waals surface area (Å²) in [5.41, 5.74) is 4.62. The molecule has 4 unspecified atom stereocenters.